The van der Waals surface area contributed by atoms with Gasteiger partial charge in [-0.1, -0.05) is 0 Å². The Balaban J connectivity index is 2.59. The normalized spacial score (nSPS) is 33.4. The smallest absolute Gasteiger partial charge is 0.313 e. The zero-order valence-corrected chi connectivity index (χ0v) is 24.8. The van der Waals surface area contributed by atoms with E-state index in [4.69, 9.17) is 52.1 Å². The Morgan fingerprint density at radius 2 is 1.27 bits per heavy atom. The molecule has 2 heterocycles. The van der Waals surface area contributed by atoms with Gasteiger partial charge in [-0.05, 0) is 13.8 Å². The molecule has 9 atom stereocenters. The summed E-state index contributed by atoms with van der Waals surface area (Å²) in [6.07, 6.45) is -8.51. The molecule has 0 N–H and O–H groups in total. The predicted octanol–water partition coefficient (Wildman–Crippen LogP) is -0.206. The molecule has 0 spiro atoms. The highest BCUT2D eigenvalue weighted by molar-refractivity contribution is 5.94. The fourth-order valence-corrected chi connectivity index (χ4v) is 4.96. The van der Waals surface area contributed by atoms with Crippen molar-refractivity contribution in [3.63, 3.8) is 0 Å². The molecular formula is C26H42O15. The molecule has 9 unspecified atom stereocenters. The topological polar surface area (TPSA) is 170 Å². The van der Waals surface area contributed by atoms with E-state index in [1.807, 2.05) is 0 Å². The molecule has 15 nitrogen and oxygen atoms in total. The van der Waals surface area contributed by atoms with Crippen molar-refractivity contribution < 1.29 is 71.3 Å². The van der Waals surface area contributed by atoms with Gasteiger partial charge in [-0.25, -0.2) is 0 Å². The van der Waals surface area contributed by atoms with Crippen LogP contribution in [-0.4, -0.2) is 135 Å². The maximum atomic E-state index is 12.7. The number of carbonyl (C=O) groups excluding carboxylic acids is 4. The largest absolute Gasteiger partial charge is 0.456 e. The van der Waals surface area contributed by atoms with Crippen LogP contribution in [-0.2, 0) is 71.3 Å². The SMILES string of the molecule is COCC1OC(OC2(COC)OC(OC)C(COC)C2OC(=O)CC(C)=O)C(OC(=O)CC(C)=O)C(OC)C1OC. The molecule has 236 valence electrons. The van der Waals surface area contributed by atoms with Crippen LogP contribution in [0.5, 0.6) is 0 Å². The first-order valence-electron chi connectivity index (χ1n) is 12.9. The number of ether oxygens (including phenoxy) is 11. The minimum Gasteiger partial charge on any atom is -0.456 e. The summed E-state index contributed by atoms with van der Waals surface area (Å²) in [5, 5.41) is 0. The third-order valence-electron chi connectivity index (χ3n) is 6.52. The molecule has 0 aliphatic carbocycles. The van der Waals surface area contributed by atoms with Gasteiger partial charge in [-0.15, -0.1) is 0 Å². The van der Waals surface area contributed by atoms with Crippen LogP contribution in [0.25, 0.3) is 0 Å². The Bertz CT molecular complexity index is 881. The highest BCUT2D eigenvalue weighted by atomic mass is 16.8. The maximum absolute atomic E-state index is 12.7. The summed E-state index contributed by atoms with van der Waals surface area (Å²) < 4.78 is 63.0. The van der Waals surface area contributed by atoms with E-state index < -0.39 is 91.2 Å². The molecular weight excluding hydrogens is 552 g/mol. The van der Waals surface area contributed by atoms with Gasteiger partial charge in [0.1, 0.15) is 49.3 Å². The standard InChI is InChI=1S/C26H42O15/c1-14(27)9-18(29)38-22-21(35-7)20(34-6)17(12-32-4)37-25(22)41-26(13-33-5)23(39-19(30)10-15(2)28)16(11-31-3)24(36-8)40-26/h16-17,20-25H,9-13H2,1-8H3. The molecule has 0 aromatic carbocycles. The van der Waals surface area contributed by atoms with Crippen molar-refractivity contribution in [1.29, 1.82) is 0 Å². The lowest BCUT2D eigenvalue weighted by Crippen LogP contribution is -2.64. The molecule has 0 radical (unpaired) electrons. The Kier molecular flexibility index (Phi) is 14.2. The number of hydrogen-bond acceptors (Lipinski definition) is 15. The number of methoxy groups -OCH3 is 6. The van der Waals surface area contributed by atoms with Gasteiger partial charge in [-0.2, -0.15) is 0 Å². The summed E-state index contributed by atoms with van der Waals surface area (Å²) in [4.78, 5) is 48.6. The third kappa shape index (κ3) is 8.95. The second kappa shape index (κ2) is 16.5. The van der Waals surface area contributed by atoms with Gasteiger partial charge >= 0.3 is 11.9 Å². The first-order valence-corrected chi connectivity index (χ1v) is 12.9. The lowest BCUT2D eigenvalue weighted by Gasteiger charge is -2.47. The number of esters is 2. The molecule has 0 saturated carbocycles. The molecule has 2 saturated heterocycles. The lowest BCUT2D eigenvalue weighted by atomic mass is 9.96. The summed E-state index contributed by atoms with van der Waals surface area (Å²) in [7, 11) is 8.46. The van der Waals surface area contributed by atoms with Crippen molar-refractivity contribution in [2.24, 2.45) is 5.92 Å². The van der Waals surface area contributed by atoms with Crippen LogP contribution in [0.15, 0.2) is 0 Å². The highest BCUT2D eigenvalue weighted by Gasteiger charge is 2.62. The average molecular weight is 595 g/mol. The maximum Gasteiger partial charge on any atom is 0.313 e. The summed E-state index contributed by atoms with van der Waals surface area (Å²) >= 11 is 0. The van der Waals surface area contributed by atoms with Crippen LogP contribution in [0, 0.1) is 5.92 Å². The quantitative estimate of drug-likeness (QED) is 0.160. The van der Waals surface area contributed by atoms with E-state index in [2.05, 4.69) is 0 Å². The highest BCUT2D eigenvalue weighted by Crippen LogP contribution is 2.43. The fraction of sp³-hybridized carbons (Fsp3) is 0.846. The van der Waals surface area contributed by atoms with E-state index in [9.17, 15) is 19.2 Å². The van der Waals surface area contributed by atoms with Crippen LogP contribution < -0.4 is 0 Å². The average Bonchev–Trinajstić information content (AvgIpc) is 3.16. The second-order valence-corrected chi connectivity index (χ2v) is 9.73. The lowest BCUT2D eigenvalue weighted by molar-refractivity contribution is -0.394. The molecule has 2 rings (SSSR count). The number of carbonyl (C=O) groups is 4. The van der Waals surface area contributed by atoms with Crippen LogP contribution in [0.2, 0.25) is 0 Å². The minimum atomic E-state index is -1.91. The van der Waals surface area contributed by atoms with Gasteiger partial charge in [0.15, 0.2) is 18.5 Å². The zero-order chi connectivity index (χ0) is 30.7. The van der Waals surface area contributed by atoms with Crippen molar-refractivity contribution >= 4 is 23.5 Å². The first-order chi connectivity index (χ1) is 19.5. The van der Waals surface area contributed by atoms with Crippen LogP contribution in [0.1, 0.15) is 26.7 Å². The van der Waals surface area contributed by atoms with Crippen LogP contribution in [0.4, 0.5) is 0 Å². The molecule has 2 aliphatic heterocycles. The Labute approximate surface area is 239 Å². The molecule has 0 amide bonds. The van der Waals surface area contributed by atoms with Crippen molar-refractivity contribution in [2.75, 3.05) is 62.5 Å². The van der Waals surface area contributed by atoms with Crippen molar-refractivity contribution in [1.82, 2.24) is 0 Å². The number of ketones is 2. The number of hydrogen-bond donors (Lipinski definition) is 0. The predicted molar refractivity (Wildman–Crippen MR) is 135 cm³/mol. The Morgan fingerprint density at radius 1 is 0.683 bits per heavy atom. The van der Waals surface area contributed by atoms with Crippen molar-refractivity contribution in [2.45, 2.75) is 75.6 Å². The van der Waals surface area contributed by atoms with Crippen LogP contribution >= 0.6 is 0 Å². The fourth-order valence-electron chi connectivity index (χ4n) is 4.96. The molecule has 41 heavy (non-hydrogen) atoms. The van der Waals surface area contributed by atoms with Gasteiger partial charge in [0.05, 0.1) is 19.1 Å². The van der Waals surface area contributed by atoms with Gasteiger partial charge in [0.25, 0.3) is 0 Å². The minimum absolute atomic E-state index is 0.00659. The molecule has 15 heteroatoms. The second-order valence-electron chi connectivity index (χ2n) is 9.73. The van der Waals surface area contributed by atoms with E-state index in [1.165, 1.54) is 56.5 Å². The molecule has 2 fully saturated rings. The van der Waals surface area contributed by atoms with Gasteiger partial charge in [-0.3, -0.25) is 19.2 Å². The number of Topliss-reactive ketones (excluding diaryl/α,β-unsaturated/α-hetero) is 2. The summed E-state index contributed by atoms with van der Waals surface area (Å²) in [6.45, 7) is 2.22. The summed E-state index contributed by atoms with van der Waals surface area (Å²) in [6, 6.07) is 0. The molecule has 0 aromatic rings. The summed E-state index contributed by atoms with van der Waals surface area (Å²) in [5.74, 6) is -5.17. The van der Waals surface area contributed by atoms with Gasteiger partial charge in [0, 0.05) is 42.7 Å². The Morgan fingerprint density at radius 3 is 1.76 bits per heavy atom. The van der Waals surface area contributed by atoms with Gasteiger partial charge < -0.3 is 52.1 Å². The van der Waals surface area contributed by atoms with E-state index >= 15 is 0 Å². The van der Waals surface area contributed by atoms with Gasteiger partial charge in [0.2, 0.25) is 12.1 Å². The third-order valence-corrected chi connectivity index (χ3v) is 6.52. The molecule has 0 bridgehead atoms. The monoisotopic (exact) mass is 594 g/mol. The van der Waals surface area contributed by atoms with Crippen molar-refractivity contribution in [3.8, 4) is 0 Å². The van der Waals surface area contributed by atoms with E-state index in [1.54, 1.807) is 0 Å². The first kappa shape index (κ1) is 35.1. The molecule has 0 aromatic heterocycles. The molecule has 2 aliphatic rings. The Hall–Kier alpha value is -2.08. The van der Waals surface area contributed by atoms with E-state index in [0.29, 0.717) is 0 Å². The van der Waals surface area contributed by atoms with E-state index in [0.717, 1.165) is 0 Å². The number of rotatable bonds is 17. The van der Waals surface area contributed by atoms with Crippen LogP contribution in [0.3, 0.4) is 0 Å². The van der Waals surface area contributed by atoms with Crippen molar-refractivity contribution in [3.05, 3.63) is 0 Å². The zero-order valence-electron chi connectivity index (χ0n) is 24.8. The van der Waals surface area contributed by atoms with E-state index in [-0.39, 0.29) is 19.8 Å². The summed E-state index contributed by atoms with van der Waals surface area (Å²) in [5.41, 5.74) is 0.